The molecule has 1 aromatic rings. The molecule has 0 aliphatic heterocycles. The van der Waals surface area contributed by atoms with E-state index in [1.54, 1.807) is 11.8 Å². The Hall–Kier alpha value is -1.28. The van der Waals surface area contributed by atoms with Gasteiger partial charge in [-0.15, -0.1) is 0 Å². The van der Waals surface area contributed by atoms with E-state index < -0.39 is 0 Å². The van der Waals surface area contributed by atoms with Crippen LogP contribution in [0.1, 0.15) is 27.7 Å². The van der Waals surface area contributed by atoms with Crippen LogP contribution < -0.4 is 21.5 Å². The van der Waals surface area contributed by atoms with Crippen molar-refractivity contribution >= 4 is 29.6 Å². The van der Waals surface area contributed by atoms with Gasteiger partial charge in [0.05, 0.1) is 0 Å². The minimum absolute atomic E-state index is 0.109. The topological polar surface area (TPSA) is 92.0 Å². The number of nitrogen functional groups attached to an aromatic ring is 1. The second-order valence-corrected chi connectivity index (χ2v) is 6.43. The van der Waals surface area contributed by atoms with Crippen molar-refractivity contribution < 1.29 is 0 Å². The maximum absolute atomic E-state index is 5.43. The van der Waals surface area contributed by atoms with Crippen molar-refractivity contribution in [1.29, 1.82) is 0 Å². The Morgan fingerprint density at radius 2 is 1.75 bits per heavy atom. The molecule has 114 valence electrons. The summed E-state index contributed by atoms with van der Waals surface area (Å²) in [6.07, 6.45) is 2.09. The Morgan fingerprint density at radius 3 is 2.25 bits per heavy atom. The summed E-state index contributed by atoms with van der Waals surface area (Å²) in [7, 11) is 0. The largest absolute Gasteiger partial charge is 0.353 e. The molecule has 0 unspecified atom stereocenters. The third-order valence-electron chi connectivity index (χ3n) is 3.02. The van der Waals surface area contributed by atoms with Crippen LogP contribution in [-0.2, 0) is 0 Å². The maximum atomic E-state index is 5.43. The number of aromatic nitrogens is 3. The molecule has 0 saturated carbocycles. The van der Waals surface area contributed by atoms with Crippen molar-refractivity contribution in [3.05, 3.63) is 0 Å². The molecule has 1 rings (SSSR count). The number of nitrogens with zero attached hydrogens (tertiary/aromatic N) is 4. The van der Waals surface area contributed by atoms with Gasteiger partial charge in [-0.05, 0) is 34.0 Å². The molecule has 0 aliphatic carbocycles. The van der Waals surface area contributed by atoms with Crippen LogP contribution in [0.2, 0.25) is 0 Å². The average Bonchev–Trinajstić information content (AvgIpc) is 2.46. The highest BCUT2D eigenvalue weighted by atomic mass is 32.2. The monoisotopic (exact) mass is 299 g/mol. The third kappa shape index (κ3) is 4.68. The molecule has 8 heteroatoms. The van der Waals surface area contributed by atoms with Crippen molar-refractivity contribution in [3.63, 3.8) is 0 Å². The van der Waals surface area contributed by atoms with Gasteiger partial charge in [-0.3, -0.25) is 5.43 Å². The fraction of sp³-hybridized carbons (Fsp3) is 0.750. The molecule has 0 fully saturated rings. The molecule has 0 radical (unpaired) electrons. The average molecular weight is 299 g/mol. The van der Waals surface area contributed by atoms with E-state index in [0.29, 0.717) is 17.8 Å². The lowest BCUT2D eigenvalue weighted by molar-refractivity contribution is 0.743. The fourth-order valence-electron chi connectivity index (χ4n) is 1.52. The van der Waals surface area contributed by atoms with Gasteiger partial charge in [0.15, 0.2) is 0 Å². The summed E-state index contributed by atoms with van der Waals surface area (Å²) >= 11 is 1.79. The quantitative estimate of drug-likeness (QED) is 0.492. The number of thioether (sulfide) groups is 1. The minimum Gasteiger partial charge on any atom is -0.353 e. The van der Waals surface area contributed by atoms with Gasteiger partial charge in [0.2, 0.25) is 17.8 Å². The molecule has 7 nitrogen and oxygen atoms in total. The lowest BCUT2D eigenvalue weighted by Crippen LogP contribution is -2.29. The molecule has 20 heavy (non-hydrogen) atoms. The van der Waals surface area contributed by atoms with E-state index in [-0.39, 0.29) is 4.75 Å². The molecule has 1 aromatic heterocycles. The molecule has 0 amide bonds. The predicted molar refractivity (Wildman–Crippen MR) is 87.3 cm³/mol. The zero-order valence-electron chi connectivity index (χ0n) is 12.9. The molecular weight excluding hydrogens is 274 g/mol. The summed E-state index contributed by atoms with van der Waals surface area (Å²) in [6.45, 7) is 10.9. The number of nitrogens with one attached hydrogen (secondary N) is 2. The van der Waals surface area contributed by atoms with Gasteiger partial charge in [-0.25, -0.2) is 5.84 Å². The Kier molecular flexibility index (Phi) is 6.28. The number of nitrogens with two attached hydrogens (primary N) is 1. The predicted octanol–water partition coefficient (Wildman–Crippen LogP) is 1.56. The summed E-state index contributed by atoms with van der Waals surface area (Å²) in [5.41, 5.74) is 2.49. The fourth-order valence-corrected chi connectivity index (χ4v) is 1.74. The number of hydrazine groups is 1. The first-order valence-corrected chi connectivity index (χ1v) is 7.94. The number of hydrogen-bond acceptors (Lipinski definition) is 8. The highest BCUT2D eigenvalue weighted by Crippen LogP contribution is 2.21. The van der Waals surface area contributed by atoms with Crippen LogP contribution in [0.25, 0.3) is 0 Å². The lowest BCUT2D eigenvalue weighted by Gasteiger charge is -2.23. The molecule has 0 bridgehead atoms. The molecule has 0 spiro atoms. The first-order valence-electron chi connectivity index (χ1n) is 6.72. The third-order valence-corrected chi connectivity index (χ3v) is 4.27. The molecule has 0 aliphatic rings. The van der Waals surface area contributed by atoms with Gasteiger partial charge in [-0.2, -0.15) is 26.7 Å². The Balaban J connectivity index is 2.93. The van der Waals surface area contributed by atoms with Crippen LogP contribution in [0.4, 0.5) is 17.8 Å². The van der Waals surface area contributed by atoms with Crippen molar-refractivity contribution in [2.45, 2.75) is 32.4 Å². The van der Waals surface area contributed by atoms with Gasteiger partial charge < -0.3 is 10.2 Å². The van der Waals surface area contributed by atoms with Crippen LogP contribution in [0.3, 0.4) is 0 Å². The zero-order chi connectivity index (χ0) is 15.2. The second kappa shape index (κ2) is 7.49. The zero-order valence-corrected chi connectivity index (χ0v) is 13.7. The second-order valence-electron chi connectivity index (χ2n) is 4.92. The highest BCUT2D eigenvalue weighted by Gasteiger charge is 2.17. The van der Waals surface area contributed by atoms with Crippen LogP contribution in [-0.4, -0.2) is 45.6 Å². The smallest absolute Gasteiger partial charge is 0.243 e. The summed E-state index contributed by atoms with van der Waals surface area (Å²) in [5, 5.41) is 3.25. The molecular formula is C12H25N7S. The number of anilines is 3. The van der Waals surface area contributed by atoms with Gasteiger partial charge in [0.25, 0.3) is 0 Å². The summed E-state index contributed by atoms with van der Waals surface area (Å²) in [4.78, 5) is 15.0. The van der Waals surface area contributed by atoms with E-state index in [0.717, 1.165) is 19.6 Å². The summed E-state index contributed by atoms with van der Waals surface area (Å²) in [5.74, 6) is 6.96. The van der Waals surface area contributed by atoms with Crippen molar-refractivity contribution in [1.82, 2.24) is 15.0 Å². The van der Waals surface area contributed by atoms with Crippen LogP contribution in [0, 0.1) is 0 Å². The molecule has 1 heterocycles. The highest BCUT2D eigenvalue weighted by molar-refractivity contribution is 7.99. The Bertz CT molecular complexity index is 420. The molecule has 4 N–H and O–H groups in total. The molecule has 0 atom stereocenters. The van der Waals surface area contributed by atoms with Crippen LogP contribution in [0.15, 0.2) is 0 Å². The summed E-state index contributed by atoms with van der Waals surface area (Å²) < 4.78 is 0.109. The normalized spacial score (nSPS) is 11.3. The van der Waals surface area contributed by atoms with Gasteiger partial charge >= 0.3 is 0 Å². The van der Waals surface area contributed by atoms with E-state index in [1.807, 2.05) is 4.90 Å². The first-order chi connectivity index (χ1) is 9.45. The first kappa shape index (κ1) is 16.8. The van der Waals surface area contributed by atoms with Gasteiger partial charge in [0, 0.05) is 24.4 Å². The van der Waals surface area contributed by atoms with Crippen LogP contribution in [0.5, 0.6) is 0 Å². The van der Waals surface area contributed by atoms with E-state index >= 15 is 0 Å². The number of hydrogen-bond donors (Lipinski definition) is 3. The van der Waals surface area contributed by atoms with E-state index in [9.17, 15) is 0 Å². The summed E-state index contributed by atoms with van der Waals surface area (Å²) in [6, 6.07) is 0. The van der Waals surface area contributed by atoms with E-state index in [1.165, 1.54) is 0 Å². The number of rotatable bonds is 8. The lowest BCUT2D eigenvalue weighted by atomic mass is 10.2. The van der Waals surface area contributed by atoms with Crippen molar-refractivity contribution in [3.8, 4) is 0 Å². The maximum Gasteiger partial charge on any atom is 0.243 e. The van der Waals surface area contributed by atoms with Crippen LogP contribution >= 0.6 is 11.8 Å². The van der Waals surface area contributed by atoms with E-state index in [4.69, 9.17) is 5.84 Å². The Labute approximate surface area is 125 Å². The van der Waals surface area contributed by atoms with Crippen molar-refractivity contribution in [2.24, 2.45) is 5.84 Å². The SMILES string of the molecule is CCN(CC)c1nc(NN)nc(NCC(C)(C)SC)n1. The van der Waals surface area contributed by atoms with Crippen molar-refractivity contribution in [2.75, 3.05) is 41.5 Å². The minimum atomic E-state index is 0.109. The molecule has 0 saturated heterocycles. The standard InChI is InChI=1S/C12H25N7S/c1-6-19(7-2)11-16-9(15-10(17-11)18-13)14-8-12(3,4)20-5/h6-8,13H2,1-5H3,(H2,14,15,16,17,18). The molecule has 0 aromatic carbocycles. The Morgan fingerprint density at radius 1 is 1.15 bits per heavy atom. The van der Waals surface area contributed by atoms with Gasteiger partial charge in [0.1, 0.15) is 0 Å². The van der Waals surface area contributed by atoms with Gasteiger partial charge in [-0.1, -0.05) is 0 Å². The van der Waals surface area contributed by atoms with E-state index in [2.05, 4.69) is 59.6 Å².